The minimum Gasteiger partial charge on any atom is -0.469 e. The number of hydrogen-bond acceptors (Lipinski definition) is 4. The van der Waals surface area contributed by atoms with Gasteiger partial charge in [0.15, 0.2) is 0 Å². The molecule has 0 spiro atoms. The van der Waals surface area contributed by atoms with E-state index < -0.39 is 0 Å². The molecule has 92 valence electrons. The lowest BCUT2D eigenvalue weighted by molar-refractivity contribution is -0.141. The summed E-state index contributed by atoms with van der Waals surface area (Å²) in [6, 6.07) is -0.162. The molecule has 1 aliphatic heterocycles. The summed E-state index contributed by atoms with van der Waals surface area (Å²) in [5, 5.41) is 3.22. The fraction of sp³-hybridized carbons (Fsp3) is 0.818. The van der Waals surface area contributed by atoms with Gasteiger partial charge < -0.3 is 9.64 Å². The largest absolute Gasteiger partial charge is 0.469 e. The maximum absolute atomic E-state index is 11.8. The number of carbonyl (C=O) groups is 2. The molecular weight excluding hydrogens is 208 g/mol. The van der Waals surface area contributed by atoms with Gasteiger partial charge in [-0.2, -0.15) is 0 Å². The van der Waals surface area contributed by atoms with Crippen molar-refractivity contribution in [2.24, 2.45) is 5.92 Å². The van der Waals surface area contributed by atoms with Crippen LogP contribution in [0.1, 0.15) is 27.2 Å². The molecular formula is C11H20N2O3. The second kappa shape index (κ2) is 5.30. The number of amides is 1. The number of ether oxygens (including phenoxy) is 1. The zero-order valence-electron chi connectivity index (χ0n) is 10.3. The molecule has 0 aromatic rings. The van der Waals surface area contributed by atoms with E-state index in [1.54, 1.807) is 4.90 Å². The van der Waals surface area contributed by atoms with Gasteiger partial charge >= 0.3 is 5.97 Å². The Morgan fingerprint density at radius 2 is 2.19 bits per heavy atom. The summed E-state index contributed by atoms with van der Waals surface area (Å²) in [5.41, 5.74) is 0. The standard InChI is InChI=1S/C11H20N2O3/c1-7(2)10-12-8(3)11(15)13(10)6-5-9(14)16-4/h7-8,10,12H,5-6H2,1-4H3. The Hall–Kier alpha value is -1.10. The highest BCUT2D eigenvalue weighted by molar-refractivity contribution is 5.84. The Balaban J connectivity index is 2.60. The van der Waals surface area contributed by atoms with Gasteiger partial charge in [-0.15, -0.1) is 0 Å². The van der Waals surface area contributed by atoms with Crippen molar-refractivity contribution in [1.82, 2.24) is 10.2 Å². The molecule has 1 heterocycles. The molecule has 1 amide bonds. The van der Waals surface area contributed by atoms with Gasteiger partial charge in [-0.3, -0.25) is 14.9 Å². The summed E-state index contributed by atoms with van der Waals surface area (Å²) in [6.45, 7) is 6.36. The van der Waals surface area contributed by atoms with Gasteiger partial charge in [0.25, 0.3) is 0 Å². The second-order valence-electron chi connectivity index (χ2n) is 4.43. The van der Waals surface area contributed by atoms with Crippen LogP contribution in [-0.4, -0.2) is 42.6 Å². The van der Waals surface area contributed by atoms with E-state index in [2.05, 4.69) is 10.1 Å². The quantitative estimate of drug-likeness (QED) is 0.705. The Morgan fingerprint density at radius 1 is 1.56 bits per heavy atom. The van der Waals surface area contributed by atoms with Gasteiger partial charge in [0, 0.05) is 6.54 Å². The van der Waals surface area contributed by atoms with E-state index in [4.69, 9.17) is 0 Å². The van der Waals surface area contributed by atoms with Crippen LogP contribution in [0, 0.1) is 5.92 Å². The number of nitrogens with one attached hydrogen (secondary N) is 1. The molecule has 0 bridgehead atoms. The van der Waals surface area contributed by atoms with E-state index in [0.717, 1.165) is 0 Å². The molecule has 5 heteroatoms. The number of rotatable bonds is 4. The third-order valence-corrected chi connectivity index (χ3v) is 2.83. The third-order valence-electron chi connectivity index (χ3n) is 2.83. The van der Waals surface area contributed by atoms with E-state index in [9.17, 15) is 9.59 Å². The van der Waals surface area contributed by atoms with Crippen LogP contribution >= 0.6 is 0 Å². The molecule has 0 aromatic heterocycles. The van der Waals surface area contributed by atoms with Crippen LogP contribution in [0.5, 0.6) is 0 Å². The monoisotopic (exact) mass is 228 g/mol. The average Bonchev–Trinajstić information content (AvgIpc) is 2.53. The highest BCUT2D eigenvalue weighted by Gasteiger charge is 2.37. The molecule has 2 atom stereocenters. The molecule has 1 N–H and O–H groups in total. The lowest BCUT2D eigenvalue weighted by atomic mass is 10.1. The number of esters is 1. The van der Waals surface area contributed by atoms with Gasteiger partial charge in [-0.05, 0) is 12.8 Å². The summed E-state index contributed by atoms with van der Waals surface area (Å²) >= 11 is 0. The van der Waals surface area contributed by atoms with Crippen molar-refractivity contribution in [3.8, 4) is 0 Å². The predicted molar refractivity (Wildman–Crippen MR) is 59.6 cm³/mol. The summed E-state index contributed by atoms with van der Waals surface area (Å²) in [5.74, 6) is 0.101. The van der Waals surface area contributed by atoms with Gasteiger partial charge in [0.05, 0.1) is 25.7 Å². The van der Waals surface area contributed by atoms with Crippen LogP contribution in [0.3, 0.4) is 0 Å². The molecule has 1 rings (SSSR count). The summed E-state index contributed by atoms with van der Waals surface area (Å²) in [7, 11) is 1.36. The number of hydrogen-bond donors (Lipinski definition) is 1. The molecule has 0 saturated carbocycles. The minimum absolute atomic E-state index is 0.0205. The normalized spacial score (nSPS) is 25.3. The maximum Gasteiger partial charge on any atom is 0.307 e. The van der Waals surface area contributed by atoms with Crippen molar-refractivity contribution in [3.05, 3.63) is 0 Å². The number of nitrogens with zero attached hydrogens (tertiary/aromatic N) is 1. The first kappa shape index (κ1) is 13.0. The van der Waals surface area contributed by atoms with Crippen molar-refractivity contribution in [2.75, 3.05) is 13.7 Å². The highest BCUT2D eigenvalue weighted by atomic mass is 16.5. The second-order valence-corrected chi connectivity index (χ2v) is 4.43. The molecule has 0 aliphatic carbocycles. The van der Waals surface area contributed by atoms with Crippen molar-refractivity contribution >= 4 is 11.9 Å². The molecule has 1 saturated heterocycles. The number of methoxy groups -OCH3 is 1. The van der Waals surface area contributed by atoms with E-state index in [0.29, 0.717) is 12.5 Å². The average molecular weight is 228 g/mol. The molecule has 2 unspecified atom stereocenters. The molecule has 16 heavy (non-hydrogen) atoms. The zero-order valence-corrected chi connectivity index (χ0v) is 10.3. The Morgan fingerprint density at radius 3 is 2.69 bits per heavy atom. The van der Waals surface area contributed by atoms with Crippen LogP contribution in [0.15, 0.2) is 0 Å². The molecule has 5 nitrogen and oxygen atoms in total. The van der Waals surface area contributed by atoms with Gasteiger partial charge in [0.1, 0.15) is 0 Å². The minimum atomic E-state index is -0.283. The van der Waals surface area contributed by atoms with Crippen molar-refractivity contribution in [1.29, 1.82) is 0 Å². The SMILES string of the molecule is COC(=O)CCN1C(=O)C(C)NC1C(C)C. The first-order valence-electron chi connectivity index (χ1n) is 5.60. The lowest BCUT2D eigenvalue weighted by Gasteiger charge is -2.26. The zero-order chi connectivity index (χ0) is 12.3. The van der Waals surface area contributed by atoms with E-state index in [1.807, 2.05) is 20.8 Å². The van der Waals surface area contributed by atoms with E-state index >= 15 is 0 Å². The van der Waals surface area contributed by atoms with Crippen molar-refractivity contribution in [2.45, 2.75) is 39.4 Å². The first-order valence-corrected chi connectivity index (χ1v) is 5.60. The highest BCUT2D eigenvalue weighted by Crippen LogP contribution is 2.17. The predicted octanol–water partition coefficient (Wildman–Crippen LogP) is 0.352. The van der Waals surface area contributed by atoms with Gasteiger partial charge in [-0.1, -0.05) is 13.8 Å². The lowest BCUT2D eigenvalue weighted by Crippen LogP contribution is -2.42. The van der Waals surface area contributed by atoms with Gasteiger partial charge in [0.2, 0.25) is 5.91 Å². The fourth-order valence-electron chi connectivity index (χ4n) is 1.92. The van der Waals surface area contributed by atoms with E-state index in [-0.39, 0.29) is 30.5 Å². The third kappa shape index (κ3) is 2.72. The summed E-state index contributed by atoms with van der Waals surface area (Å²) in [6.07, 6.45) is 0.270. The summed E-state index contributed by atoms with van der Waals surface area (Å²) < 4.78 is 4.57. The molecule has 1 aliphatic rings. The van der Waals surface area contributed by atoms with Crippen LogP contribution < -0.4 is 5.32 Å². The molecule has 0 radical (unpaired) electrons. The van der Waals surface area contributed by atoms with Crippen LogP contribution in [0.25, 0.3) is 0 Å². The fourth-order valence-corrected chi connectivity index (χ4v) is 1.92. The van der Waals surface area contributed by atoms with Crippen LogP contribution in [0.4, 0.5) is 0 Å². The van der Waals surface area contributed by atoms with Crippen LogP contribution in [-0.2, 0) is 14.3 Å². The Bertz CT molecular complexity index is 278. The maximum atomic E-state index is 11.8. The first-order chi connectivity index (χ1) is 7.47. The Labute approximate surface area is 96.1 Å². The molecule has 0 aromatic carbocycles. The summed E-state index contributed by atoms with van der Waals surface area (Å²) in [4.78, 5) is 24.6. The smallest absolute Gasteiger partial charge is 0.307 e. The van der Waals surface area contributed by atoms with Crippen molar-refractivity contribution < 1.29 is 14.3 Å². The van der Waals surface area contributed by atoms with Crippen molar-refractivity contribution in [3.63, 3.8) is 0 Å². The molecule has 1 fully saturated rings. The number of carbonyl (C=O) groups excluding carboxylic acids is 2. The van der Waals surface area contributed by atoms with E-state index in [1.165, 1.54) is 7.11 Å². The van der Waals surface area contributed by atoms with Gasteiger partial charge in [-0.25, -0.2) is 0 Å². The van der Waals surface area contributed by atoms with Crippen LogP contribution in [0.2, 0.25) is 0 Å². The Kier molecular flexibility index (Phi) is 4.29. The topological polar surface area (TPSA) is 58.6 Å².